The van der Waals surface area contributed by atoms with E-state index in [-0.39, 0.29) is 11.5 Å². The van der Waals surface area contributed by atoms with Gasteiger partial charge in [-0.15, -0.1) is 0 Å². The molecule has 0 bridgehead atoms. The van der Waals surface area contributed by atoms with Crippen LogP contribution in [0.25, 0.3) is 11.3 Å². The molecule has 0 spiro atoms. The van der Waals surface area contributed by atoms with Crippen molar-refractivity contribution in [3.8, 4) is 11.3 Å². The van der Waals surface area contributed by atoms with Crippen molar-refractivity contribution in [3.05, 3.63) is 46.3 Å². The summed E-state index contributed by atoms with van der Waals surface area (Å²) in [4.78, 5) is 18.9. The molecule has 1 aromatic heterocycles. The molecule has 20 heavy (non-hydrogen) atoms. The highest BCUT2D eigenvalue weighted by atomic mass is 16.6. The van der Waals surface area contributed by atoms with Crippen molar-refractivity contribution < 1.29 is 4.92 Å². The Balaban J connectivity index is 2.51. The van der Waals surface area contributed by atoms with Gasteiger partial charge < -0.3 is 5.32 Å². The van der Waals surface area contributed by atoms with Crippen molar-refractivity contribution in [3.63, 3.8) is 0 Å². The number of aryl methyl sites for hydroxylation is 1. The van der Waals surface area contributed by atoms with E-state index in [2.05, 4.69) is 15.3 Å². The van der Waals surface area contributed by atoms with Crippen LogP contribution in [0.15, 0.2) is 30.6 Å². The molecule has 1 heterocycles. The third-order valence-electron chi connectivity index (χ3n) is 2.87. The van der Waals surface area contributed by atoms with E-state index in [1.165, 1.54) is 6.33 Å². The Labute approximate surface area is 117 Å². The molecule has 0 aliphatic heterocycles. The van der Waals surface area contributed by atoms with Crippen LogP contribution in [-0.2, 0) is 0 Å². The van der Waals surface area contributed by atoms with Crippen LogP contribution in [0.4, 0.5) is 11.5 Å². The Morgan fingerprint density at radius 2 is 1.95 bits per heavy atom. The van der Waals surface area contributed by atoms with Gasteiger partial charge in [0.05, 0.1) is 4.92 Å². The molecule has 0 amide bonds. The number of anilines is 1. The summed E-state index contributed by atoms with van der Waals surface area (Å²) >= 11 is 0. The first-order chi connectivity index (χ1) is 9.63. The molecule has 2 rings (SSSR count). The minimum atomic E-state index is -0.437. The molecule has 1 aromatic carbocycles. The number of aromatic nitrogens is 2. The summed E-state index contributed by atoms with van der Waals surface area (Å²) in [5.41, 5.74) is 2.06. The average molecular weight is 272 g/mol. The quantitative estimate of drug-likeness (QED) is 0.667. The van der Waals surface area contributed by atoms with Crippen LogP contribution < -0.4 is 5.32 Å². The number of benzene rings is 1. The van der Waals surface area contributed by atoms with Crippen LogP contribution in [-0.4, -0.2) is 21.4 Å². The maximum absolute atomic E-state index is 11.3. The highest BCUT2D eigenvalue weighted by Gasteiger charge is 2.23. The fraction of sp³-hybridized carbons (Fsp3) is 0.286. The lowest BCUT2D eigenvalue weighted by Crippen LogP contribution is -2.07. The summed E-state index contributed by atoms with van der Waals surface area (Å²) < 4.78 is 0. The maximum Gasteiger partial charge on any atom is 0.337 e. The zero-order valence-electron chi connectivity index (χ0n) is 11.5. The molecule has 1 N–H and O–H groups in total. The number of hydrogen-bond acceptors (Lipinski definition) is 5. The van der Waals surface area contributed by atoms with Gasteiger partial charge in [0.25, 0.3) is 0 Å². The molecule has 0 atom stereocenters. The number of hydrogen-bond donors (Lipinski definition) is 1. The first-order valence-corrected chi connectivity index (χ1v) is 6.43. The van der Waals surface area contributed by atoms with Gasteiger partial charge in [0.2, 0.25) is 5.82 Å². The van der Waals surface area contributed by atoms with Gasteiger partial charge in [-0.1, -0.05) is 36.8 Å². The van der Waals surface area contributed by atoms with Crippen molar-refractivity contribution in [1.82, 2.24) is 9.97 Å². The topological polar surface area (TPSA) is 81.0 Å². The molecular formula is C14H16N4O2. The molecule has 0 saturated heterocycles. The number of rotatable bonds is 5. The van der Waals surface area contributed by atoms with Crippen LogP contribution in [0.2, 0.25) is 0 Å². The van der Waals surface area contributed by atoms with Gasteiger partial charge in [-0.05, 0) is 13.3 Å². The first-order valence-electron chi connectivity index (χ1n) is 6.43. The maximum atomic E-state index is 11.3. The van der Waals surface area contributed by atoms with Gasteiger partial charge in [-0.3, -0.25) is 10.1 Å². The molecule has 0 radical (unpaired) electrons. The summed E-state index contributed by atoms with van der Waals surface area (Å²) in [5, 5.41) is 14.3. The van der Waals surface area contributed by atoms with Crippen molar-refractivity contribution in [2.75, 3.05) is 11.9 Å². The number of nitrogens with zero attached hydrogens (tertiary/aromatic N) is 3. The predicted molar refractivity (Wildman–Crippen MR) is 77.6 cm³/mol. The monoisotopic (exact) mass is 272 g/mol. The van der Waals surface area contributed by atoms with Gasteiger partial charge in [0.1, 0.15) is 6.33 Å². The fourth-order valence-corrected chi connectivity index (χ4v) is 1.85. The third-order valence-corrected chi connectivity index (χ3v) is 2.87. The smallest absolute Gasteiger partial charge is 0.337 e. The van der Waals surface area contributed by atoms with Gasteiger partial charge in [-0.25, -0.2) is 9.97 Å². The molecule has 0 saturated carbocycles. The van der Waals surface area contributed by atoms with Crippen molar-refractivity contribution >= 4 is 11.5 Å². The minimum Gasteiger partial charge on any atom is -0.364 e. The van der Waals surface area contributed by atoms with Gasteiger partial charge in [0.15, 0.2) is 5.69 Å². The molecule has 6 heteroatoms. The molecule has 0 aliphatic carbocycles. The molecule has 2 aromatic rings. The Hall–Kier alpha value is -2.50. The summed E-state index contributed by atoms with van der Waals surface area (Å²) in [5.74, 6) is 0.266. The zero-order valence-corrected chi connectivity index (χ0v) is 11.5. The van der Waals surface area contributed by atoms with Crippen LogP contribution >= 0.6 is 0 Å². The van der Waals surface area contributed by atoms with E-state index in [9.17, 15) is 10.1 Å². The van der Waals surface area contributed by atoms with Crippen molar-refractivity contribution in [2.24, 2.45) is 0 Å². The Kier molecular flexibility index (Phi) is 4.24. The fourth-order valence-electron chi connectivity index (χ4n) is 1.85. The van der Waals surface area contributed by atoms with Gasteiger partial charge >= 0.3 is 5.69 Å². The lowest BCUT2D eigenvalue weighted by Gasteiger charge is -2.08. The second-order valence-corrected chi connectivity index (χ2v) is 4.47. The average Bonchev–Trinajstić information content (AvgIpc) is 2.45. The zero-order chi connectivity index (χ0) is 14.5. The Morgan fingerprint density at radius 3 is 2.55 bits per heavy atom. The van der Waals surface area contributed by atoms with E-state index in [0.29, 0.717) is 17.8 Å². The van der Waals surface area contributed by atoms with E-state index in [1.807, 2.05) is 38.1 Å². The van der Waals surface area contributed by atoms with Gasteiger partial charge in [-0.2, -0.15) is 0 Å². The first kappa shape index (κ1) is 13.9. The Morgan fingerprint density at radius 1 is 1.25 bits per heavy atom. The van der Waals surface area contributed by atoms with E-state index >= 15 is 0 Å². The molecule has 104 valence electrons. The van der Waals surface area contributed by atoms with E-state index in [1.54, 1.807) is 0 Å². The molecule has 6 nitrogen and oxygen atoms in total. The van der Waals surface area contributed by atoms with Crippen LogP contribution in [0, 0.1) is 17.0 Å². The lowest BCUT2D eigenvalue weighted by molar-refractivity contribution is -0.383. The Bertz CT molecular complexity index is 611. The molecular weight excluding hydrogens is 256 g/mol. The SMILES string of the molecule is CCCNc1ncnc(-c2ccc(C)cc2)c1[N+](=O)[O-]. The van der Waals surface area contributed by atoms with Crippen molar-refractivity contribution in [1.29, 1.82) is 0 Å². The molecule has 0 aliphatic rings. The number of nitro groups is 1. The van der Waals surface area contributed by atoms with E-state index < -0.39 is 4.92 Å². The lowest BCUT2D eigenvalue weighted by atomic mass is 10.1. The normalized spacial score (nSPS) is 10.3. The molecule has 0 unspecified atom stereocenters. The van der Waals surface area contributed by atoms with E-state index in [4.69, 9.17) is 0 Å². The largest absolute Gasteiger partial charge is 0.364 e. The highest BCUT2D eigenvalue weighted by Crippen LogP contribution is 2.32. The summed E-state index contributed by atoms with van der Waals surface area (Å²) in [6.07, 6.45) is 2.21. The number of nitrogens with one attached hydrogen (secondary N) is 1. The van der Waals surface area contributed by atoms with Crippen LogP contribution in [0.1, 0.15) is 18.9 Å². The van der Waals surface area contributed by atoms with Gasteiger partial charge in [0, 0.05) is 12.1 Å². The molecule has 0 fully saturated rings. The summed E-state index contributed by atoms with van der Waals surface area (Å²) in [6.45, 7) is 4.58. The minimum absolute atomic E-state index is 0.0789. The standard InChI is InChI=1S/C14H16N4O2/c1-3-8-15-14-13(18(19)20)12(16-9-17-14)11-6-4-10(2)5-7-11/h4-7,9H,3,8H2,1-2H3,(H,15,16,17). The van der Waals surface area contributed by atoms with Crippen LogP contribution in [0.5, 0.6) is 0 Å². The third kappa shape index (κ3) is 2.90. The van der Waals surface area contributed by atoms with Crippen LogP contribution in [0.3, 0.4) is 0 Å². The summed E-state index contributed by atoms with van der Waals surface area (Å²) in [7, 11) is 0. The highest BCUT2D eigenvalue weighted by molar-refractivity contribution is 5.76. The summed E-state index contributed by atoms with van der Waals surface area (Å²) in [6, 6.07) is 7.46. The second kappa shape index (κ2) is 6.10. The van der Waals surface area contributed by atoms with Crippen molar-refractivity contribution in [2.45, 2.75) is 20.3 Å². The predicted octanol–water partition coefficient (Wildman–Crippen LogP) is 3.18. The van der Waals surface area contributed by atoms with E-state index in [0.717, 1.165) is 12.0 Å². The second-order valence-electron chi connectivity index (χ2n) is 4.47.